The summed E-state index contributed by atoms with van der Waals surface area (Å²) >= 11 is 0. The maximum Gasteiger partial charge on any atom is 0.251 e. The van der Waals surface area contributed by atoms with Crippen LogP contribution in [0.15, 0.2) is 59.5 Å². The topological polar surface area (TPSA) is 75.3 Å². The molecule has 0 heterocycles. The summed E-state index contributed by atoms with van der Waals surface area (Å²) < 4.78 is 27.2. The molecule has 0 bridgehead atoms. The number of carbonyl (C=O) groups excluding carboxylic acids is 1. The van der Waals surface area contributed by atoms with Crippen molar-refractivity contribution in [2.24, 2.45) is 0 Å². The molecule has 2 rings (SSSR count). The molecule has 0 aliphatic carbocycles. The summed E-state index contributed by atoms with van der Waals surface area (Å²) in [5, 5.41) is 2.89. The first-order chi connectivity index (χ1) is 12.1. The molecule has 0 saturated carbocycles. The zero-order valence-corrected chi connectivity index (χ0v) is 16.4. The summed E-state index contributed by atoms with van der Waals surface area (Å²) in [6.45, 7) is 7.89. The molecule has 0 radical (unpaired) electrons. The molecule has 2 N–H and O–H groups in total. The van der Waals surface area contributed by atoms with Crippen molar-refractivity contribution in [3.8, 4) is 0 Å². The Balaban J connectivity index is 2.00. The number of carbonyl (C=O) groups is 1. The molecule has 1 amide bonds. The van der Waals surface area contributed by atoms with E-state index in [1.807, 2.05) is 37.3 Å². The van der Waals surface area contributed by atoms with Crippen molar-refractivity contribution in [3.63, 3.8) is 0 Å². The number of rotatable bonds is 6. The maximum absolute atomic E-state index is 12.3. The van der Waals surface area contributed by atoms with E-state index in [4.69, 9.17) is 0 Å². The van der Waals surface area contributed by atoms with Gasteiger partial charge in [0.15, 0.2) is 0 Å². The van der Waals surface area contributed by atoms with Crippen molar-refractivity contribution in [3.05, 3.63) is 65.7 Å². The summed E-state index contributed by atoms with van der Waals surface area (Å²) in [6.07, 6.45) is 0. The molecule has 1 atom stereocenters. The molecule has 26 heavy (non-hydrogen) atoms. The SMILES string of the molecule is CC(CNC(=O)c1ccc(S(=O)(=O)NC(C)(C)C)cc1)c1ccccc1. The molecule has 0 aliphatic rings. The second-order valence-electron chi connectivity index (χ2n) is 7.40. The van der Waals surface area contributed by atoms with E-state index < -0.39 is 15.6 Å². The predicted molar refractivity (Wildman–Crippen MR) is 104 cm³/mol. The minimum absolute atomic E-state index is 0.140. The van der Waals surface area contributed by atoms with Crippen LogP contribution in [0.4, 0.5) is 0 Å². The highest BCUT2D eigenvalue weighted by Gasteiger charge is 2.22. The van der Waals surface area contributed by atoms with Crippen molar-refractivity contribution in [2.75, 3.05) is 6.54 Å². The fraction of sp³-hybridized carbons (Fsp3) is 0.350. The van der Waals surface area contributed by atoms with Crippen LogP contribution in [0.5, 0.6) is 0 Å². The van der Waals surface area contributed by atoms with Gasteiger partial charge in [-0.15, -0.1) is 0 Å². The standard InChI is InChI=1S/C20H26N2O3S/c1-15(16-8-6-5-7-9-16)14-21-19(23)17-10-12-18(13-11-17)26(24,25)22-20(2,3)4/h5-13,15,22H,14H2,1-4H3,(H,21,23). The first-order valence-electron chi connectivity index (χ1n) is 8.56. The van der Waals surface area contributed by atoms with E-state index in [9.17, 15) is 13.2 Å². The molecular weight excluding hydrogens is 348 g/mol. The quantitative estimate of drug-likeness (QED) is 0.815. The Morgan fingerprint density at radius 2 is 1.58 bits per heavy atom. The number of hydrogen-bond donors (Lipinski definition) is 2. The monoisotopic (exact) mass is 374 g/mol. The molecule has 5 nitrogen and oxygen atoms in total. The number of sulfonamides is 1. The Hall–Kier alpha value is -2.18. The van der Waals surface area contributed by atoms with Gasteiger partial charge in [0.1, 0.15) is 0 Å². The summed E-state index contributed by atoms with van der Waals surface area (Å²) in [5.41, 5.74) is 1.02. The van der Waals surface area contributed by atoms with Crippen molar-refractivity contribution < 1.29 is 13.2 Å². The van der Waals surface area contributed by atoms with Crippen LogP contribution in [-0.4, -0.2) is 26.4 Å². The lowest BCUT2D eigenvalue weighted by Gasteiger charge is -2.20. The van der Waals surface area contributed by atoms with E-state index in [0.29, 0.717) is 12.1 Å². The summed E-state index contributed by atoms with van der Waals surface area (Å²) in [7, 11) is -3.60. The van der Waals surface area contributed by atoms with Gasteiger partial charge in [0, 0.05) is 17.6 Å². The summed E-state index contributed by atoms with van der Waals surface area (Å²) in [5.74, 6) is -0.0312. The van der Waals surface area contributed by atoms with Gasteiger partial charge >= 0.3 is 0 Å². The molecule has 140 valence electrons. The average Bonchev–Trinajstić information content (AvgIpc) is 2.58. The number of benzene rings is 2. The maximum atomic E-state index is 12.3. The van der Waals surface area contributed by atoms with Gasteiger partial charge in [-0.2, -0.15) is 0 Å². The molecule has 0 fully saturated rings. The lowest BCUT2D eigenvalue weighted by Crippen LogP contribution is -2.40. The molecular formula is C20H26N2O3S. The van der Waals surface area contributed by atoms with Crippen LogP contribution in [0, 0.1) is 0 Å². The van der Waals surface area contributed by atoms with Gasteiger partial charge in [0.2, 0.25) is 10.0 Å². The van der Waals surface area contributed by atoms with Crippen LogP contribution in [0.3, 0.4) is 0 Å². The summed E-state index contributed by atoms with van der Waals surface area (Å²) in [4.78, 5) is 12.4. The third kappa shape index (κ3) is 5.68. The number of hydrogen-bond acceptors (Lipinski definition) is 3. The lowest BCUT2D eigenvalue weighted by molar-refractivity contribution is 0.0951. The van der Waals surface area contributed by atoms with Crippen LogP contribution >= 0.6 is 0 Å². The van der Waals surface area contributed by atoms with Crippen molar-refractivity contribution in [2.45, 2.75) is 44.0 Å². The zero-order chi connectivity index (χ0) is 19.4. The third-order valence-corrected chi connectivity index (χ3v) is 5.58. The van der Waals surface area contributed by atoms with Crippen LogP contribution in [0.25, 0.3) is 0 Å². The van der Waals surface area contributed by atoms with Crippen molar-refractivity contribution in [1.29, 1.82) is 0 Å². The minimum atomic E-state index is -3.60. The molecule has 0 aromatic heterocycles. The normalized spacial score (nSPS) is 13.2. The van der Waals surface area contributed by atoms with E-state index in [0.717, 1.165) is 5.56 Å². The van der Waals surface area contributed by atoms with Crippen LogP contribution in [0.1, 0.15) is 49.5 Å². The average molecular weight is 375 g/mol. The Morgan fingerprint density at radius 1 is 1.00 bits per heavy atom. The first kappa shape index (κ1) is 20.1. The van der Waals surface area contributed by atoms with Gasteiger partial charge < -0.3 is 5.32 Å². The molecule has 0 spiro atoms. The highest BCUT2D eigenvalue weighted by atomic mass is 32.2. The minimum Gasteiger partial charge on any atom is -0.351 e. The zero-order valence-electron chi connectivity index (χ0n) is 15.6. The Labute approximate surface area is 155 Å². The van der Waals surface area contributed by atoms with E-state index in [2.05, 4.69) is 10.0 Å². The lowest BCUT2D eigenvalue weighted by atomic mass is 10.0. The Morgan fingerprint density at radius 3 is 2.12 bits per heavy atom. The van der Waals surface area contributed by atoms with E-state index in [-0.39, 0.29) is 16.7 Å². The van der Waals surface area contributed by atoms with Crippen LogP contribution in [0.2, 0.25) is 0 Å². The highest BCUT2D eigenvalue weighted by Crippen LogP contribution is 2.15. The molecule has 2 aromatic rings. The molecule has 0 saturated heterocycles. The van der Waals surface area contributed by atoms with Gasteiger partial charge in [0.25, 0.3) is 5.91 Å². The highest BCUT2D eigenvalue weighted by molar-refractivity contribution is 7.89. The molecule has 1 unspecified atom stereocenters. The molecule has 6 heteroatoms. The number of amides is 1. The van der Waals surface area contributed by atoms with Gasteiger partial charge in [-0.3, -0.25) is 4.79 Å². The third-order valence-electron chi connectivity index (χ3n) is 3.80. The van der Waals surface area contributed by atoms with Crippen LogP contribution in [-0.2, 0) is 10.0 Å². The Bertz CT molecular complexity index is 839. The molecule has 2 aromatic carbocycles. The van der Waals surface area contributed by atoms with E-state index in [1.54, 1.807) is 20.8 Å². The van der Waals surface area contributed by atoms with E-state index in [1.165, 1.54) is 24.3 Å². The van der Waals surface area contributed by atoms with Crippen molar-refractivity contribution >= 4 is 15.9 Å². The van der Waals surface area contributed by atoms with Gasteiger partial charge in [0.05, 0.1) is 4.90 Å². The second-order valence-corrected chi connectivity index (χ2v) is 9.08. The first-order valence-corrected chi connectivity index (χ1v) is 10.0. The van der Waals surface area contributed by atoms with Gasteiger partial charge in [-0.1, -0.05) is 37.3 Å². The van der Waals surface area contributed by atoms with Gasteiger partial charge in [-0.05, 0) is 56.5 Å². The second kappa shape index (κ2) is 8.01. The Kier molecular flexibility index (Phi) is 6.21. The smallest absolute Gasteiger partial charge is 0.251 e. The number of nitrogens with one attached hydrogen (secondary N) is 2. The largest absolute Gasteiger partial charge is 0.351 e. The van der Waals surface area contributed by atoms with Gasteiger partial charge in [-0.25, -0.2) is 13.1 Å². The fourth-order valence-electron chi connectivity index (χ4n) is 2.49. The van der Waals surface area contributed by atoms with Crippen LogP contribution < -0.4 is 10.0 Å². The fourth-order valence-corrected chi connectivity index (χ4v) is 3.91. The summed E-state index contributed by atoms with van der Waals surface area (Å²) in [6, 6.07) is 15.9. The van der Waals surface area contributed by atoms with E-state index >= 15 is 0 Å². The van der Waals surface area contributed by atoms with Crippen molar-refractivity contribution in [1.82, 2.24) is 10.0 Å². The molecule has 0 aliphatic heterocycles. The predicted octanol–water partition coefficient (Wildman–Crippen LogP) is 3.30.